The molecule has 0 aliphatic carbocycles. The highest BCUT2D eigenvalue weighted by Gasteiger charge is 1.73. The molecule has 0 spiro atoms. The third kappa shape index (κ3) is 8.43. The van der Waals surface area contributed by atoms with Crippen LogP contribution in [-0.2, 0) is 0 Å². The molecule has 0 aromatic heterocycles. The molecule has 0 atom stereocenters. The summed E-state index contributed by atoms with van der Waals surface area (Å²) in [6.07, 6.45) is 8.42. The van der Waals surface area contributed by atoms with Crippen LogP contribution in [0.1, 0.15) is 39.5 Å². The van der Waals surface area contributed by atoms with Gasteiger partial charge < -0.3 is 8.58 Å². The quantitative estimate of drug-likeness (QED) is 0.396. The van der Waals surface area contributed by atoms with Crippen molar-refractivity contribution in [3.63, 3.8) is 0 Å². The molecule has 0 radical (unpaired) electrons. The van der Waals surface area contributed by atoms with Gasteiger partial charge in [0.2, 0.25) is 0 Å². The van der Waals surface area contributed by atoms with Crippen molar-refractivity contribution in [2.24, 2.45) is 0 Å². The van der Waals surface area contributed by atoms with Crippen molar-refractivity contribution in [2.75, 3.05) is 12.3 Å². The van der Waals surface area contributed by atoms with E-state index in [0.717, 1.165) is 0 Å². The number of hydrogen-bond acceptors (Lipinski definition) is 0. The zero-order chi connectivity index (χ0) is 6.95. The van der Waals surface area contributed by atoms with Crippen LogP contribution in [0.3, 0.4) is 0 Å². The van der Waals surface area contributed by atoms with Gasteiger partial charge >= 0.3 is 0 Å². The van der Waals surface area contributed by atoms with Crippen LogP contribution in [-0.4, -0.2) is 12.3 Å². The van der Waals surface area contributed by atoms with Crippen molar-refractivity contribution in [1.82, 2.24) is 0 Å². The van der Waals surface area contributed by atoms with Gasteiger partial charge in [0.25, 0.3) is 0 Å². The van der Waals surface area contributed by atoms with Gasteiger partial charge in [-0.15, -0.1) is 0 Å². The Balaban J connectivity index is 2.60. The molecule has 0 aliphatic rings. The summed E-state index contributed by atoms with van der Waals surface area (Å²) in [5.41, 5.74) is 0. The molecule has 0 heterocycles. The predicted molar refractivity (Wildman–Crippen MR) is 46.5 cm³/mol. The molecule has 0 N–H and O–H groups in total. The lowest BCUT2D eigenvalue weighted by molar-refractivity contribution is 0.874. The van der Waals surface area contributed by atoms with Crippen molar-refractivity contribution in [3.05, 3.63) is 0 Å². The van der Waals surface area contributed by atoms with E-state index in [1.54, 1.807) is 8.58 Å². The van der Waals surface area contributed by atoms with Gasteiger partial charge in [-0.2, -0.15) is 12.3 Å². The molecule has 0 bridgehead atoms. The average Bonchev–Trinajstić information content (AvgIpc) is 1.89. The minimum atomic E-state index is 1.36. The number of unbranched alkanes of at least 4 members (excludes halogenated alkanes) is 2. The molecule has 0 aliphatic heterocycles. The maximum Gasteiger partial charge on any atom is -0.0584 e. The average molecular weight is 145 g/mol. The zero-order valence-corrected chi connectivity index (χ0v) is 7.58. The first kappa shape index (κ1) is 9.43. The van der Waals surface area contributed by atoms with Crippen LogP contribution in [0.4, 0.5) is 0 Å². The summed E-state index contributed by atoms with van der Waals surface area (Å²) in [5.74, 6) is 0. The Morgan fingerprint density at radius 1 is 0.889 bits per heavy atom. The van der Waals surface area contributed by atoms with Crippen LogP contribution in [0, 0.1) is 0 Å². The number of rotatable bonds is 6. The summed E-state index contributed by atoms with van der Waals surface area (Å²) < 4.78 is 0. The molecule has 0 unspecified atom stereocenters. The Morgan fingerprint density at radius 3 is 1.67 bits per heavy atom. The summed E-state index contributed by atoms with van der Waals surface area (Å²) >= 11 is 0. The lowest BCUT2D eigenvalue weighted by Crippen LogP contribution is -1.78. The lowest BCUT2D eigenvalue weighted by atomic mass is 10.4. The van der Waals surface area contributed by atoms with E-state index < -0.39 is 0 Å². The molecule has 1 heteroatoms. The zero-order valence-electron chi connectivity index (χ0n) is 6.69. The van der Waals surface area contributed by atoms with Crippen molar-refractivity contribution in [3.8, 4) is 0 Å². The first-order valence-electron chi connectivity index (χ1n) is 4.05. The minimum Gasteiger partial charge on any atom is -0.540 e. The maximum absolute atomic E-state index is 2.26. The lowest BCUT2D eigenvalue weighted by Gasteiger charge is -2.13. The van der Waals surface area contributed by atoms with Gasteiger partial charge in [0.05, 0.1) is 0 Å². The van der Waals surface area contributed by atoms with Crippen molar-refractivity contribution in [2.45, 2.75) is 39.5 Å². The monoisotopic (exact) mass is 145 g/mol. The van der Waals surface area contributed by atoms with E-state index in [9.17, 15) is 0 Å². The van der Waals surface area contributed by atoms with E-state index in [-0.39, 0.29) is 0 Å². The fraction of sp³-hybridized carbons (Fsp3) is 1.00. The summed E-state index contributed by atoms with van der Waals surface area (Å²) in [6.45, 7) is 4.52. The van der Waals surface area contributed by atoms with Gasteiger partial charge in [0.1, 0.15) is 0 Å². The molecule has 56 valence electrons. The number of hydrogen-bond donors (Lipinski definition) is 0. The molecule has 0 fully saturated rings. The molecule has 0 saturated heterocycles. The molecule has 0 saturated carbocycles. The van der Waals surface area contributed by atoms with Gasteiger partial charge in [-0.1, -0.05) is 39.5 Å². The molecule has 0 amide bonds. The van der Waals surface area contributed by atoms with Gasteiger partial charge in [0.15, 0.2) is 0 Å². The highest BCUT2D eigenvalue weighted by molar-refractivity contribution is 7.37. The maximum atomic E-state index is 2.26. The van der Waals surface area contributed by atoms with Crippen LogP contribution in [0.25, 0.3) is 0 Å². The molecule has 0 aromatic rings. The molecular formula is C8H18P-. The van der Waals surface area contributed by atoms with Crippen molar-refractivity contribution >= 4 is 8.58 Å². The topological polar surface area (TPSA) is 0 Å². The van der Waals surface area contributed by atoms with Crippen molar-refractivity contribution < 1.29 is 0 Å². The first-order valence-corrected chi connectivity index (χ1v) is 5.31. The largest absolute Gasteiger partial charge is 0.540 e. The molecule has 0 rings (SSSR count). The van der Waals surface area contributed by atoms with E-state index in [1.165, 1.54) is 38.0 Å². The Kier molecular flexibility index (Phi) is 8.83. The summed E-state index contributed by atoms with van der Waals surface area (Å²) in [6, 6.07) is 0. The van der Waals surface area contributed by atoms with E-state index >= 15 is 0 Å². The highest BCUT2D eigenvalue weighted by atomic mass is 31.1. The second-order valence-corrected chi connectivity index (χ2v) is 3.72. The van der Waals surface area contributed by atoms with Gasteiger partial charge in [0, 0.05) is 0 Å². The summed E-state index contributed by atoms with van der Waals surface area (Å²) in [5, 5.41) is 0. The van der Waals surface area contributed by atoms with Crippen LogP contribution in [0.15, 0.2) is 0 Å². The third-order valence-corrected chi connectivity index (χ3v) is 2.60. The molecule has 0 aromatic carbocycles. The fourth-order valence-corrected chi connectivity index (χ4v) is 1.95. The van der Waals surface area contributed by atoms with Crippen molar-refractivity contribution in [1.29, 1.82) is 0 Å². The van der Waals surface area contributed by atoms with E-state index in [2.05, 4.69) is 13.8 Å². The Labute approximate surface area is 61.2 Å². The highest BCUT2D eigenvalue weighted by Crippen LogP contribution is 2.14. The molecular weight excluding hydrogens is 127 g/mol. The standard InChI is InChI=1S/C8H18P/c1-3-5-7-9-8-6-4-2/h3-8H2,1-2H3/q-1. The van der Waals surface area contributed by atoms with Crippen LogP contribution >= 0.6 is 8.58 Å². The predicted octanol–water partition coefficient (Wildman–Crippen LogP) is 3.53. The second-order valence-electron chi connectivity index (χ2n) is 2.38. The van der Waals surface area contributed by atoms with Crippen LogP contribution in [0.2, 0.25) is 0 Å². The van der Waals surface area contributed by atoms with Gasteiger partial charge in [-0.05, 0) is 0 Å². The summed E-state index contributed by atoms with van der Waals surface area (Å²) in [4.78, 5) is 0. The summed E-state index contributed by atoms with van der Waals surface area (Å²) in [7, 11) is 1.67. The van der Waals surface area contributed by atoms with E-state index in [0.29, 0.717) is 0 Å². The second kappa shape index (κ2) is 8.43. The molecule has 0 nitrogen and oxygen atoms in total. The fourth-order valence-electron chi connectivity index (χ4n) is 0.652. The Morgan fingerprint density at radius 2 is 1.33 bits per heavy atom. The Hall–Kier alpha value is 0.430. The third-order valence-electron chi connectivity index (χ3n) is 1.34. The van der Waals surface area contributed by atoms with E-state index in [1.807, 2.05) is 0 Å². The van der Waals surface area contributed by atoms with Crippen LogP contribution < -0.4 is 0 Å². The minimum absolute atomic E-state index is 1.36. The smallest absolute Gasteiger partial charge is 0.0584 e. The van der Waals surface area contributed by atoms with E-state index in [4.69, 9.17) is 0 Å². The molecule has 9 heavy (non-hydrogen) atoms. The Bertz CT molecular complexity index is 37.8. The SMILES string of the molecule is CCCC[P-]CCCC. The van der Waals surface area contributed by atoms with Gasteiger partial charge in [-0.3, -0.25) is 0 Å². The normalized spacial score (nSPS) is 10.0. The first-order chi connectivity index (χ1) is 4.41. The van der Waals surface area contributed by atoms with Crippen LogP contribution in [0.5, 0.6) is 0 Å². The van der Waals surface area contributed by atoms with Gasteiger partial charge in [-0.25, -0.2) is 0 Å².